The summed E-state index contributed by atoms with van der Waals surface area (Å²) < 4.78 is 5.41. The van der Waals surface area contributed by atoms with Crippen LogP contribution in [-0.4, -0.2) is 15.1 Å². The molecule has 1 aliphatic rings. The van der Waals surface area contributed by atoms with Gasteiger partial charge in [-0.25, -0.2) is 0 Å². The van der Waals surface area contributed by atoms with E-state index >= 15 is 0 Å². The molecule has 2 atom stereocenters. The summed E-state index contributed by atoms with van der Waals surface area (Å²) in [6, 6.07) is 5.80. The van der Waals surface area contributed by atoms with Gasteiger partial charge in [0.25, 0.3) is 0 Å². The molecule has 1 aliphatic carbocycles. The molecule has 2 heterocycles. The van der Waals surface area contributed by atoms with Gasteiger partial charge in [-0.15, -0.1) is 0 Å². The maximum absolute atomic E-state index is 6.47. The maximum Gasteiger partial charge on any atom is 0.246 e. The Kier molecular flexibility index (Phi) is 3.53. The number of rotatable bonds is 3. The van der Waals surface area contributed by atoms with Gasteiger partial charge in [0.05, 0.1) is 12.0 Å². The van der Waals surface area contributed by atoms with Crippen LogP contribution in [0.1, 0.15) is 50.0 Å². The Morgan fingerprint density at radius 3 is 3.10 bits per heavy atom. The van der Waals surface area contributed by atoms with Crippen LogP contribution in [0.15, 0.2) is 28.9 Å². The minimum atomic E-state index is -0.451. The van der Waals surface area contributed by atoms with Crippen molar-refractivity contribution in [2.75, 3.05) is 0 Å². The van der Waals surface area contributed by atoms with Gasteiger partial charge in [0.1, 0.15) is 0 Å². The average molecular weight is 272 g/mol. The van der Waals surface area contributed by atoms with E-state index in [2.05, 4.69) is 22.0 Å². The number of nitrogens with two attached hydrogens (primary N) is 1. The summed E-state index contributed by atoms with van der Waals surface area (Å²) in [4.78, 5) is 8.76. The number of hydrogen-bond donors (Lipinski definition) is 1. The summed E-state index contributed by atoms with van der Waals surface area (Å²) in [6.45, 7) is 2.23. The highest BCUT2D eigenvalue weighted by molar-refractivity contribution is 5.11. The topological polar surface area (TPSA) is 77.8 Å². The normalized spacial score (nSPS) is 26.6. The van der Waals surface area contributed by atoms with Crippen LogP contribution < -0.4 is 5.73 Å². The fourth-order valence-corrected chi connectivity index (χ4v) is 2.98. The highest BCUT2D eigenvalue weighted by Crippen LogP contribution is 2.36. The summed E-state index contributed by atoms with van der Waals surface area (Å²) in [7, 11) is 0. The number of aromatic nitrogens is 3. The van der Waals surface area contributed by atoms with E-state index in [1.54, 1.807) is 6.20 Å². The van der Waals surface area contributed by atoms with E-state index in [4.69, 9.17) is 10.3 Å². The highest BCUT2D eigenvalue weighted by Gasteiger charge is 2.37. The zero-order valence-corrected chi connectivity index (χ0v) is 11.7. The van der Waals surface area contributed by atoms with E-state index in [-0.39, 0.29) is 0 Å². The Hall–Kier alpha value is -1.75. The third-order valence-corrected chi connectivity index (χ3v) is 3.99. The summed E-state index contributed by atoms with van der Waals surface area (Å²) in [5.41, 5.74) is 6.95. The van der Waals surface area contributed by atoms with Crippen molar-refractivity contribution in [2.24, 2.45) is 11.7 Å². The number of pyridine rings is 1. The summed E-state index contributed by atoms with van der Waals surface area (Å²) in [6.07, 6.45) is 6.53. The Bertz CT molecular complexity index is 568. The first-order chi connectivity index (χ1) is 9.66. The SMILES string of the molecule is CC1CCCC(N)(c2nc(Cc3ccccn3)no2)C1. The van der Waals surface area contributed by atoms with Gasteiger partial charge >= 0.3 is 0 Å². The standard InChI is InChI=1S/C15H20N4O/c1-11-5-4-7-15(16,10-11)14-18-13(19-20-14)9-12-6-2-3-8-17-12/h2-3,6,8,11H,4-5,7,9-10,16H2,1H3. The maximum atomic E-state index is 6.47. The lowest BCUT2D eigenvalue weighted by atomic mass is 9.77. The molecule has 0 amide bonds. The first kappa shape index (κ1) is 13.2. The Morgan fingerprint density at radius 2 is 2.35 bits per heavy atom. The zero-order chi connectivity index (χ0) is 14.0. The number of hydrogen-bond acceptors (Lipinski definition) is 5. The molecule has 1 saturated carbocycles. The average Bonchev–Trinajstić information content (AvgIpc) is 2.89. The van der Waals surface area contributed by atoms with Crippen molar-refractivity contribution < 1.29 is 4.52 Å². The van der Waals surface area contributed by atoms with Crippen molar-refractivity contribution in [1.82, 2.24) is 15.1 Å². The molecule has 2 N–H and O–H groups in total. The van der Waals surface area contributed by atoms with Gasteiger partial charge in [-0.3, -0.25) is 4.98 Å². The van der Waals surface area contributed by atoms with Gasteiger partial charge in [0.2, 0.25) is 5.89 Å². The molecule has 20 heavy (non-hydrogen) atoms. The predicted octanol–water partition coefficient (Wildman–Crippen LogP) is 2.42. The molecular weight excluding hydrogens is 252 g/mol. The third-order valence-electron chi connectivity index (χ3n) is 3.99. The van der Waals surface area contributed by atoms with Crippen LogP contribution >= 0.6 is 0 Å². The van der Waals surface area contributed by atoms with Crippen LogP contribution in [0.3, 0.4) is 0 Å². The van der Waals surface area contributed by atoms with E-state index in [0.717, 1.165) is 25.0 Å². The molecular formula is C15H20N4O. The second-order valence-corrected chi connectivity index (χ2v) is 5.87. The monoisotopic (exact) mass is 272 g/mol. The van der Waals surface area contributed by atoms with Gasteiger partial charge in [-0.2, -0.15) is 4.98 Å². The van der Waals surface area contributed by atoms with Crippen molar-refractivity contribution in [3.63, 3.8) is 0 Å². The van der Waals surface area contributed by atoms with E-state index in [9.17, 15) is 0 Å². The number of nitrogens with zero attached hydrogens (tertiary/aromatic N) is 3. The summed E-state index contributed by atoms with van der Waals surface area (Å²) in [5.74, 6) is 1.84. The zero-order valence-electron chi connectivity index (χ0n) is 11.7. The van der Waals surface area contributed by atoms with Crippen LogP contribution in [0.2, 0.25) is 0 Å². The second-order valence-electron chi connectivity index (χ2n) is 5.87. The fourth-order valence-electron chi connectivity index (χ4n) is 2.98. The van der Waals surface area contributed by atoms with E-state index < -0.39 is 5.54 Å². The van der Waals surface area contributed by atoms with Crippen molar-refractivity contribution in [3.8, 4) is 0 Å². The van der Waals surface area contributed by atoms with Gasteiger partial charge in [-0.05, 0) is 30.9 Å². The van der Waals surface area contributed by atoms with E-state index in [1.807, 2.05) is 18.2 Å². The van der Waals surface area contributed by atoms with Gasteiger partial charge in [-0.1, -0.05) is 31.0 Å². The minimum Gasteiger partial charge on any atom is -0.337 e. The molecule has 2 aromatic heterocycles. The van der Waals surface area contributed by atoms with Crippen molar-refractivity contribution >= 4 is 0 Å². The van der Waals surface area contributed by atoms with Crippen LogP contribution in [0.5, 0.6) is 0 Å². The lowest BCUT2D eigenvalue weighted by Gasteiger charge is -2.33. The molecule has 0 aliphatic heterocycles. The molecule has 5 heteroatoms. The molecule has 0 aromatic carbocycles. The lowest BCUT2D eigenvalue weighted by Crippen LogP contribution is -2.41. The van der Waals surface area contributed by atoms with Gasteiger partial charge in [0.15, 0.2) is 5.82 Å². The van der Waals surface area contributed by atoms with Gasteiger partial charge in [0, 0.05) is 11.9 Å². The third kappa shape index (κ3) is 2.72. The Balaban J connectivity index is 1.76. The molecule has 5 nitrogen and oxygen atoms in total. The van der Waals surface area contributed by atoms with Crippen LogP contribution in [0.25, 0.3) is 0 Å². The quantitative estimate of drug-likeness (QED) is 0.928. The fraction of sp³-hybridized carbons (Fsp3) is 0.533. The van der Waals surface area contributed by atoms with Crippen LogP contribution in [0, 0.1) is 5.92 Å². The summed E-state index contributed by atoms with van der Waals surface area (Å²) >= 11 is 0. The molecule has 0 saturated heterocycles. The minimum absolute atomic E-state index is 0.451. The molecule has 106 valence electrons. The highest BCUT2D eigenvalue weighted by atomic mass is 16.5. The lowest BCUT2D eigenvalue weighted by molar-refractivity contribution is 0.183. The molecule has 0 spiro atoms. The van der Waals surface area contributed by atoms with E-state index in [1.165, 1.54) is 6.42 Å². The molecule has 2 unspecified atom stereocenters. The molecule has 2 aromatic rings. The molecule has 0 radical (unpaired) electrons. The molecule has 3 rings (SSSR count). The van der Waals surface area contributed by atoms with Crippen LogP contribution in [0.4, 0.5) is 0 Å². The smallest absolute Gasteiger partial charge is 0.246 e. The molecule has 1 fully saturated rings. The second kappa shape index (κ2) is 5.32. The van der Waals surface area contributed by atoms with Crippen molar-refractivity contribution in [2.45, 2.75) is 44.6 Å². The predicted molar refractivity (Wildman–Crippen MR) is 74.8 cm³/mol. The van der Waals surface area contributed by atoms with E-state index in [0.29, 0.717) is 24.1 Å². The first-order valence-electron chi connectivity index (χ1n) is 7.17. The van der Waals surface area contributed by atoms with Crippen molar-refractivity contribution in [3.05, 3.63) is 41.8 Å². The van der Waals surface area contributed by atoms with Gasteiger partial charge < -0.3 is 10.3 Å². The van der Waals surface area contributed by atoms with Crippen LogP contribution in [-0.2, 0) is 12.0 Å². The Morgan fingerprint density at radius 1 is 1.45 bits per heavy atom. The van der Waals surface area contributed by atoms with Crippen molar-refractivity contribution in [1.29, 1.82) is 0 Å². The Labute approximate surface area is 118 Å². The molecule has 0 bridgehead atoms. The first-order valence-corrected chi connectivity index (χ1v) is 7.17. The largest absolute Gasteiger partial charge is 0.337 e. The summed E-state index contributed by atoms with van der Waals surface area (Å²) in [5, 5.41) is 4.05.